The maximum absolute atomic E-state index is 13.8. The van der Waals surface area contributed by atoms with E-state index in [1.54, 1.807) is 12.1 Å². The molecule has 0 spiro atoms. The molecule has 0 saturated heterocycles. The predicted molar refractivity (Wildman–Crippen MR) is 65.0 cm³/mol. The van der Waals surface area contributed by atoms with Crippen molar-refractivity contribution in [3.63, 3.8) is 0 Å². The Kier molecular flexibility index (Phi) is 2.70. The van der Waals surface area contributed by atoms with Crippen LogP contribution in [0.2, 0.25) is 0 Å². The lowest BCUT2D eigenvalue weighted by atomic mass is 9.82. The van der Waals surface area contributed by atoms with Crippen LogP contribution in [0.15, 0.2) is 18.2 Å². The Morgan fingerprint density at radius 2 is 2.12 bits per heavy atom. The Labute approximate surface area is 102 Å². The Morgan fingerprint density at radius 3 is 2.76 bits per heavy atom. The van der Waals surface area contributed by atoms with Gasteiger partial charge in [0.15, 0.2) is 0 Å². The highest BCUT2D eigenvalue weighted by atomic mass is 19.1. The number of fused-ring (bicyclic) bond motifs is 2. The monoisotopic (exact) mass is 234 g/mol. The van der Waals surface area contributed by atoms with E-state index in [9.17, 15) is 9.50 Å². The summed E-state index contributed by atoms with van der Waals surface area (Å²) in [6.45, 7) is 1.94. The minimum Gasteiger partial charge on any atom is -0.388 e. The van der Waals surface area contributed by atoms with Crippen molar-refractivity contribution in [3.8, 4) is 0 Å². The van der Waals surface area contributed by atoms with E-state index >= 15 is 0 Å². The second kappa shape index (κ2) is 4.09. The van der Waals surface area contributed by atoms with Crippen LogP contribution in [0.1, 0.15) is 42.9 Å². The van der Waals surface area contributed by atoms with Crippen LogP contribution in [-0.4, -0.2) is 5.11 Å². The van der Waals surface area contributed by atoms with Crippen molar-refractivity contribution in [2.24, 2.45) is 17.8 Å². The Morgan fingerprint density at radius 1 is 1.29 bits per heavy atom. The summed E-state index contributed by atoms with van der Waals surface area (Å²) in [5.41, 5.74) is 1.52. The summed E-state index contributed by atoms with van der Waals surface area (Å²) in [5, 5.41) is 10.4. The van der Waals surface area contributed by atoms with Gasteiger partial charge in [0, 0.05) is 5.56 Å². The van der Waals surface area contributed by atoms with E-state index in [-0.39, 0.29) is 11.7 Å². The number of benzene rings is 1. The molecule has 4 unspecified atom stereocenters. The minimum absolute atomic E-state index is 0.258. The second-order valence-corrected chi connectivity index (χ2v) is 5.81. The molecule has 2 aliphatic rings. The van der Waals surface area contributed by atoms with Gasteiger partial charge in [0.1, 0.15) is 5.82 Å². The third-order valence-corrected chi connectivity index (χ3v) is 4.67. The molecule has 0 aromatic heterocycles. The molecule has 0 amide bonds. The van der Waals surface area contributed by atoms with Crippen molar-refractivity contribution < 1.29 is 9.50 Å². The quantitative estimate of drug-likeness (QED) is 0.829. The zero-order valence-corrected chi connectivity index (χ0v) is 10.2. The predicted octanol–water partition coefficient (Wildman–Crippen LogP) is 3.60. The van der Waals surface area contributed by atoms with Gasteiger partial charge in [-0.25, -0.2) is 4.39 Å². The molecule has 2 aliphatic carbocycles. The van der Waals surface area contributed by atoms with Gasteiger partial charge in [-0.15, -0.1) is 0 Å². The van der Waals surface area contributed by atoms with Crippen LogP contribution in [-0.2, 0) is 0 Å². The lowest BCUT2D eigenvalue weighted by Crippen LogP contribution is -2.20. The standard InChI is InChI=1S/C15H19FO/c1-9-2-5-14(16)13(6-9)15(17)12-8-10-3-4-11(12)7-10/h2,5-6,10-12,15,17H,3-4,7-8H2,1H3. The SMILES string of the molecule is Cc1ccc(F)c(C(O)C2CC3CCC2C3)c1. The van der Waals surface area contributed by atoms with Gasteiger partial charge in [0.05, 0.1) is 6.10 Å². The molecule has 92 valence electrons. The molecule has 0 heterocycles. The largest absolute Gasteiger partial charge is 0.388 e. The molecular weight excluding hydrogens is 215 g/mol. The van der Waals surface area contributed by atoms with Crippen LogP contribution in [0.3, 0.4) is 0 Å². The lowest BCUT2D eigenvalue weighted by molar-refractivity contribution is 0.0714. The van der Waals surface area contributed by atoms with Gasteiger partial charge in [-0.3, -0.25) is 0 Å². The van der Waals surface area contributed by atoms with Crippen LogP contribution < -0.4 is 0 Å². The summed E-state index contributed by atoms with van der Waals surface area (Å²) >= 11 is 0. The number of aliphatic hydroxyl groups is 1. The van der Waals surface area contributed by atoms with Crippen molar-refractivity contribution in [2.45, 2.75) is 38.7 Å². The van der Waals surface area contributed by atoms with Gasteiger partial charge in [-0.1, -0.05) is 24.1 Å². The summed E-state index contributed by atoms with van der Waals surface area (Å²) in [6, 6.07) is 5.03. The van der Waals surface area contributed by atoms with Crippen LogP contribution >= 0.6 is 0 Å². The first-order valence-corrected chi connectivity index (χ1v) is 6.59. The van der Waals surface area contributed by atoms with Gasteiger partial charge in [-0.2, -0.15) is 0 Å². The molecule has 2 saturated carbocycles. The van der Waals surface area contributed by atoms with E-state index in [1.165, 1.54) is 25.3 Å². The smallest absolute Gasteiger partial charge is 0.129 e. The fraction of sp³-hybridized carbons (Fsp3) is 0.600. The first-order valence-electron chi connectivity index (χ1n) is 6.59. The number of halogens is 1. The fourth-order valence-corrected chi connectivity index (χ4v) is 3.80. The third-order valence-electron chi connectivity index (χ3n) is 4.67. The Bertz CT molecular complexity index is 429. The first kappa shape index (κ1) is 11.2. The second-order valence-electron chi connectivity index (χ2n) is 5.81. The highest BCUT2D eigenvalue weighted by molar-refractivity contribution is 5.26. The van der Waals surface area contributed by atoms with Crippen LogP contribution in [0.5, 0.6) is 0 Å². The Balaban J connectivity index is 1.86. The van der Waals surface area contributed by atoms with Crippen molar-refractivity contribution >= 4 is 0 Å². The molecule has 3 rings (SSSR count). The molecule has 4 atom stereocenters. The van der Waals surface area contributed by atoms with Gasteiger partial charge in [-0.05, 0) is 50.0 Å². The molecule has 2 fully saturated rings. The first-order chi connectivity index (χ1) is 8.15. The number of aryl methyl sites for hydroxylation is 1. The molecule has 1 aromatic rings. The number of aliphatic hydroxyl groups excluding tert-OH is 1. The Hall–Kier alpha value is -0.890. The summed E-state index contributed by atoms with van der Waals surface area (Å²) in [6.07, 6.45) is 4.25. The van der Waals surface area contributed by atoms with Crippen LogP contribution in [0.4, 0.5) is 4.39 Å². The molecule has 0 radical (unpaired) electrons. The molecule has 0 aliphatic heterocycles. The zero-order chi connectivity index (χ0) is 12.0. The van der Waals surface area contributed by atoms with Gasteiger partial charge in [0.2, 0.25) is 0 Å². The van der Waals surface area contributed by atoms with Crippen molar-refractivity contribution in [1.82, 2.24) is 0 Å². The molecule has 1 aromatic carbocycles. The minimum atomic E-state index is -0.606. The maximum Gasteiger partial charge on any atom is 0.129 e. The highest BCUT2D eigenvalue weighted by Gasteiger charge is 2.43. The van der Waals surface area contributed by atoms with Crippen LogP contribution in [0, 0.1) is 30.5 Å². The fourth-order valence-electron chi connectivity index (χ4n) is 3.80. The van der Waals surface area contributed by atoms with Gasteiger partial charge < -0.3 is 5.11 Å². The summed E-state index contributed by atoms with van der Waals surface area (Å²) < 4.78 is 13.8. The number of hydrogen-bond acceptors (Lipinski definition) is 1. The molecule has 2 heteroatoms. The molecule has 17 heavy (non-hydrogen) atoms. The van der Waals surface area contributed by atoms with Crippen molar-refractivity contribution in [3.05, 3.63) is 35.1 Å². The lowest BCUT2D eigenvalue weighted by Gasteiger charge is -2.27. The topological polar surface area (TPSA) is 20.2 Å². The molecule has 1 nitrogen and oxygen atoms in total. The highest BCUT2D eigenvalue weighted by Crippen LogP contribution is 2.52. The van der Waals surface area contributed by atoms with Crippen LogP contribution in [0.25, 0.3) is 0 Å². The third kappa shape index (κ3) is 1.89. The zero-order valence-electron chi connectivity index (χ0n) is 10.2. The summed E-state index contributed by atoms with van der Waals surface area (Å²) in [4.78, 5) is 0. The molecule has 1 N–H and O–H groups in total. The number of rotatable bonds is 2. The average molecular weight is 234 g/mol. The van der Waals surface area contributed by atoms with Crippen molar-refractivity contribution in [2.75, 3.05) is 0 Å². The van der Waals surface area contributed by atoms with E-state index in [0.717, 1.165) is 17.9 Å². The maximum atomic E-state index is 13.8. The van der Waals surface area contributed by atoms with E-state index in [2.05, 4.69) is 0 Å². The normalized spacial score (nSPS) is 33.0. The van der Waals surface area contributed by atoms with Gasteiger partial charge in [0.25, 0.3) is 0 Å². The van der Waals surface area contributed by atoms with E-state index < -0.39 is 6.10 Å². The van der Waals surface area contributed by atoms with E-state index in [4.69, 9.17) is 0 Å². The molecule has 2 bridgehead atoms. The summed E-state index contributed by atoms with van der Waals surface area (Å²) in [7, 11) is 0. The van der Waals surface area contributed by atoms with E-state index in [0.29, 0.717) is 11.5 Å². The average Bonchev–Trinajstić information content (AvgIpc) is 2.93. The molecular formula is C15H19FO. The van der Waals surface area contributed by atoms with Crippen molar-refractivity contribution in [1.29, 1.82) is 0 Å². The van der Waals surface area contributed by atoms with Gasteiger partial charge >= 0.3 is 0 Å². The number of hydrogen-bond donors (Lipinski definition) is 1. The summed E-state index contributed by atoms with van der Waals surface area (Å²) in [5.74, 6) is 1.43. The van der Waals surface area contributed by atoms with E-state index in [1.807, 2.05) is 6.92 Å².